The van der Waals surface area contributed by atoms with Crippen LogP contribution in [-0.2, 0) is 0 Å². The molecule has 0 aliphatic rings. The minimum atomic E-state index is -5.07. The molecule has 0 radical (unpaired) electrons. The largest absolute Gasteiger partial charge is 0.573 e. The van der Waals surface area contributed by atoms with E-state index in [0.29, 0.717) is 6.20 Å². The van der Waals surface area contributed by atoms with Gasteiger partial charge >= 0.3 is 12.3 Å². The minimum absolute atomic E-state index is 0.406. The lowest BCUT2D eigenvalue weighted by atomic mass is 10.2. The summed E-state index contributed by atoms with van der Waals surface area (Å²) in [6.45, 7) is 0. The number of rotatable bonds is 3. The van der Waals surface area contributed by atoms with E-state index in [4.69, 9.17) is 5.11 Å². The smallest absolute Gasteiger partial charge is 0.478 e. The van der Waals surface area contributed by atoms with Crippen LogP contribution in [0.15, 0.2) is 6.20 Å². The third kappa shape index (κ3) is 3.40. The molecule has 0 fully saturated rings. The normalized spacial score (nSPS) is 11.7. The van der Waals surface area contributed by atoms with Crippen LogP contribution in [0.1, 0.15) is 22.5 Å². The van der Waals surface area contributed by atoms with Crippen LogP contribution in [0.3, 0.4) is 0 Å². The Kier molecular flexibility index (Phi) is 4.29. The number of carboxylic acids is 1. The second kappa shape index (κ2) is 5.20. The van der Waals surface area contributed by atoms with E-state index in [-0.39, 0.29) is 0 Å². The Balaban J connectivity index is 3.35. The van der Waals surface area contributed by atoms with E-state index >= 15 is 0 Å². The Morgan fingerprint density at radius 2 is 2.00 bits per heavy atom. The van der Waals surface area contributed by atoms with Crippen molar-refractivity contribution in [3.05, 3.63) is 21.0 Å². The van der Waals surface area contributed by atoms with Gasteiger partial charge in [-0.05, 0) is 22.6 Å². The van der Waals surface area contributed by atoms with Gasteiger partial charge in [0.2, 0.25) is 0 Å². The number of hydrogen-bond donors (Lipinski definition) is 1. The highest BCUT2D eigenvalue weighted by Gasteiger charge is 2.34. The molecule has 0 saturated heterocycles. The summed E-state index contributed by atoms with van der Waals surface area (Å²) < 4.78 is 63.7. The van der Waals surface area contributed by atoms with Crippen LogP contribution >= 0.6 is 22.6 Å². The van der Waals surface area contributed by atoms with Crippen LogP contribution in [0, 0.1) is 3.57 Å². The fraction of sp³-hybridized carbons (Fsp3) is 0.250. The second-order valence-electron chi connectivity index (χ2n) is 2.85. The Hall–Kier alpha value is -1.20. The number of nitrogens with zero attached hydrogens (tertiary/aromatic N) is 1. The first-order chi connectivity index (χ1) is 8.13. The van der Waals surface area contributed by atoms with Crippen LogP contribution in [0.4, 0.5) is 22.0 Å². The Morgan fingerprint density at radius 3 is 2.39 bits per heavy atom. The Bertz CT molecular complexity index is 477. The average molecular weight is 383 g/mol. The lowest BCUT2D eigenvalue weighted by molar-refractivity contribution is -0.275. The molecule has 18 heavy (non-hydrogen) atoms. The minimum Gasteiger partial charge on any atom is -0.478 e. The number of carbonyl (C=O) groups is 1. The Morgan fingerprint density at radius 1 is 1.44 bits per heavy atom. The summed E-state index contributed by atoms with van der Waals surface area (Å²) in [5.41, 5.74) is -2.12. The van der Waals surface area contributed by atoms with Gasteiger partial charge in [-0.1, -0.05) is 0 Å². The molecule has 4 nitrogen and oxygen atoms in total. The van der Waals surface area contributed by atoms with Crippen molar-refractivity contribution in [3.63, 3.8) is 0 Å². The highest BCUT2D eigenvalue weighted by Crippen LogP contribution is 2.33. The van der Waals surface area contributed by atoms with Gasteiger partial charge in [-0.3, -0.25) is 4.98 Å². The van der Waals surface area contributed by atoms with Crippen molar-refractivity contribution in [2.24, 2.45) is 0 Å². The van der Waals surface area contributed by atoms with Gasteiger partial charge in [0.15, 0.2) is 5.75 Å². The number of halogens is 6. The van der Waals surface area contributed by atoms with Crippen LogP contribution in [-0.4, -0.2) is 22.4 Å². The standard InChI is InChI=1S/C8H3F5INO3/c9-6(10)5-3(7(16)17)4(14)2(1-15-5)18-8(11,12)13/h1,6H,(H,16,17). The van der Waals surface area contributed by atoms with E-state index in [1.165, 1.54) is 22.6 Å². The maximum atomic E-state index is 12.4. The molecule has 10 heteroatoms. The first kappa shape index (κ1) is 14.9. The zero-order valence-electron chi connectivity index (χ0n) is 8.13. The van der Waals surface area contributed by atoms with Gasteiger partial charge in [-0.15, -0.1) is 13.2 Å². The highest BCUT2D eigenvalue weighted by atomic mass is 127. The van der Waals surface area contributed by atoms with Crippen molar-refractivity contribution < 1.29 is 36.6 Å². The number of carboxylic acid groups (broad SMARTS) is 1. The van der Waals surface area contributed by atoms with Gasteiger partial charge in [0.1, 0.15) is 11.3 Å². The Labute approximate surface area is 110 Å². The molecule has 0 saturated carbocycles. The molecule has 1 aromatic heterocycles. The van der Waals surface area contributed by atoms with E-state index in [0.717, 1.165) is 0 Å². The van der Waals surface area contributed by atoms with Crippen molar-refractivity contribution >= 4 is 28.6 Å². The molecule has 100 valence electrons. The summed E-state index contributed by atoms with van der Waals surface area (Å²) in [6, 6.07) is 0. The maximum Gasteiger partial charge on any atom is 0.573 e. The molecular weight excluding hydrogens is 380 g/mol. The van der Waals surface area contributed by atoms with Gasteiger partial charge in [0.25, 0.3) is 6.43 Å². The first-order valence-corrected chi connectivity index (χ1v) is 5.17. The zero-order chi connectivity index (χ0) is 14.1. The van der Waals surface area contributed by atoms with Gasteiger partial charge < -0.3 is 9.84 Å². The second-order valence-corrected chi connectivity index (χ2v) is 3.93. The van der Waals surface area contributed by atoms with Gasteiger partial charge in [-0.25, -0.2) is 13.6 Å². The van der Waals surface area contributed by atoms with Crippen molar-refractivity contribution in [2.45, 2.75) is 12.8 Å². The molecule has 0 spiro atoms. The van der Waals surface area contributed by atoms with E-state index in [1.54, 1.807) is 0 Å². The molecule has 0 bridgehead atoms. The number of alkyl halides is 5. The monoisotopic (exact) mass is 383 g/mol. The third-order valence-electron chi connectivity index (χ3n) is 1.66. The van der Waals surface area contributed by atoms with Gasteiger partial charge in [0.05, 0.1) is 9.77 Å². The maximum absolute atomic E-state index is 12.4. The van der Waals surface area contributed by atoms with Crippen molar-refractivity contribution in [1.29, 1.82) is 0 Å². The number of ether oxygens (including phenoxy) is 1. The molecule has 0 unspecified atom stereocenters. The number of hydrogen-bond acceptors (Lipinski definition) is 3. The van der Waals surface area contributed by atoms with E-state index in [2.05, 4.69) is 9.72 Å². The molecule has 1 heterocycles. The molecular formula is C8H3F5INO3. The van der Waals surface area contributed by atoms with Crippen LogP contribution in [0.5, 0.6) is 5.75 Å². The van der Waals surface area contributed by atoms with Crippen molar-refractivity contribution in [3.8, 4) is 5.75 Å². The van der Waals surface area contributed by atoms with Crippen LogP contribution < -0.4 is 4.74 Å². The topological polar surface area (TPSA) is 59.4 Å². The SMILES string of the molecule is O=C(O)c1c(C(F)F)ncc(OC(F)(F)F)c1I. The lowest BCUT2D eigenvalue weighted by Gasteiger charge is -2.13. The summed E-state index contributed by atoms with van der Waals surface area (Å²) in [4.78, 5) is 13.7. The van der Waals surface area contributed by atoms with Crippen LogP contribution in [0.2, 0.25) is 0 Å². The van der Waals surface area contributed by atoms with E-state index in [1.807, 2.05) is 0 Å². The molecule has 1 rings (SSSR count). The number of aromatic carboxylic acids is 1. The predicted octanol–water partition coefficient (Wildman–Crippen LogP) is 3.22. The van der Waals surface area contributed by atoms with Crippen LogP contribution in [0.25, 0.3) is 0 Å². The molecule has 1 N–H and O–H groups in total. The lowest BCUT2D eigenvalue weighted by Crippen LogP contribution is -2.19. The van der Waals surface area contributed by atoms with Gasteiger partial charge in [-0.2, -0.15) is 0 Å². The van der Waals surface area contributed by atoms with Gasteiger partial charge in [0, 0.05) is 0 Å². The third-order valence-corrected chi connectivity index (χ3v) is 2.73. The fourth-order valence-corrected chi connectivity index (χ4v) is 1.81. The quantitative estimate of drug-likeness (QED) is 0.644. The highest BCUT2D eigenvalue weighted by molar-refractivity contribution is 14.1. The summed E-state index contributed by atoms with van der Waals surface area (Å²) in [6.07, 6.45) is -7.88. The number of pyridine rings is 1. The van der Waals surface area contributed by atoms with Crippen molar-refractivity contribution in [1.82, 2.24) is 4.98 Å². The van der Waals surface area contributed by atoms with Crippen molar-refractivity contribution in [2.75, 3.05) is 0 Å². The molecule has 0 aromatic carbocycles. The molecule has 0 amide bonds. The summed E-state index contributed by atoms with van der Waals surface area (Å²) in [7, 11) is 0. The molecule has 0 aliphatic heterocycles. The predicted molar refractivity (Wildman–Crippen MR) is 55.6 cm³/mol. The zero-order valence-corrected chi connectivity index (χ0v) is 10.3. The van der Waals surface area contributed by atoms with E-state index in [9.17, 15) is 26.7 Å². The molecule has 1 aromatic rings. The van der Waals surface area contributed by atoms with E-state index < -0.39 is 39.3 Å². The molecule has 0 aliphatic carbocycles. The first-order valence-electron chi connectivity index (χ1n) is 4.09. The average Bonchev–Trinajstić information content (AvgIpc) is 2.17. The summed E-state index contributed by atoms with van der Waals surface area (Å²) in [5.74, 6) is -2.75. The fourth-order valence-electron chi connectivity index (χ4n) is 1.05. The summed E-state index contributed by atoms with van der Waals surface area (Å²) in [5, 5.41) is 8.70. The molecule has 0 atom stereocenters. The summed E-state index contributed by atoms with van der Waals surface area (Å²) >= 11 is 1.18. The number of aromatic nitrogens is 1.